The van der Waals surface area contributed by atoms with Crippen LogP contribution in [0.1, 0.15) is 33.1 Å². The SMILES string of the molecule is CSCCC1(CNC(C)C)CCCOC1. The summed E-state index contributed by atoms with van der Waals surface area (Å²) in [5.74, 6) is 1.25. The van der Waals surface area contributed by atoms with Crippen molar-refractivity contribution in [2.75, 3.05) is 31.8 Å². The van der Waals surface area contributed by atoms with Crippen LogP contribution in [-0.4, -0.2) is 37.8 Å². The Hall–Kier alpha value is 0.270. The maximum absolute atomic E-state index is 5.67. The minimum Gasteiger partial charge on any atom is -0.381 e. The topological polar surface area (TPSA) is 21.3 Å². The van der Waals surface area contributed by atoms with E-state index in [9.17, 15) is 0 Å². The van der Waals surface area contributed by atoms with Crippen molar-refractivity contribution in [3.05, 3.63) is 0 Å². The first-order chi connectivity index (χ1) is 7.18. The Morgan fingerprint density at radius 2 is 2.27 bits per heavy atom. The molecule has 1 atom stereocenters. The van der Waals surface area contributed by atoms with E-state index >= 15 is 0 Å². The van der Waals surface area contributed by atoms with Crippen molar-refractivity contribution in [3.63, 3.8) is 0 Å². The standard InChI is InChI=1S/C12H25NOS/c1-11(2)13-9-12(6-8-15-3)5-4-7-14-10-12/h11,13H,4-10H2,1-3H3. The van der Waals surface area contributed by atoms with Gasteiger partial charge in [0.15, 0.2) is 0 Å². The largest absolute Gasteiger partial charge is 0.381 e. The average molecular weight is 231 g/mol. The first-order valence-corrected chi connectivity index (χ1v) is 7.38. The molecule has 0 radical (unpaired) electrons. The number of hydrogen-bond donors (Lipinski definition) is 1. The molecule has 1 rings (SSSR count). The molecule has 2 nitrogen and oxygen atoms in total. The quantitative estimate of drug-likeness (QED) is 0.759. The zero-order chi connectivity index (χ0) is 11.1. The molecule has 0 aromatic heterocycles. The normalized spacial score (nSPS) is 27.2. The van der Waals surface area contributed by atoms with Crippen LogP contribution in [0.3, 0.4) is 0 Å². The first kappa shape index (κ1) is 13.3. The summed E-state index contributed by atoms with van der Waals surface area (Å²) < 4.78 is 5.67. The van der Waals surface area contributed by atoms with E-state index in [1.54, 1.807) is 0 Å². The van der Waals surface area contributed by atoms with Crippen LogP contribution in [0.15, 0.2) is 0 Å². The number of nitrogens with one attached hydrogen (secondary N) is 1. The summed E-state index contributed by atoms with van der Waals surface area (Å²) in [6.45, 7) is 7.46. The number of rotatable bonds is 6. The fraction of sp³-hybridized carbons (Fsp3) is 1.00. The number of thioether (sulfide) groups is 1. The van der Waals surface area contributed by atoms with Crippen LogP contribution in [-0.2, 0) is 4.74 Å². The molecule has 0 amide bonds. The van der Waals surface area contributed by atoms with Gasteiger partial charge in [0.05, 0.1) is 6.61 Å². The molecular weight excluding hydrogens is 206 g/mol. The maximum Gasteiger partial charge on any atom is 0.0534 e. The van der Waals surface area contributed by atoms with Crippen molar-refractivity contribution in [2.45, 2.75) is 39.2 Å². The van der Waals surface area contributed by atoms with E-state index in [2.05, 4.69) is 25.4 Å². The minimum atomic E-state index is 0.408. The highest BCUT2D eigenvalue weighted by atomic mass is 32.2. The molecule has 0 saturated carbocycles. The maximum atomic E-state index is 5.67. The fourth-order valence-corrected chi connectivity index (χ4v) is 2.71. The van der Waals surface area contributed by atoms with E-state index in [0.29, 0.717) is 11.5 Å². The van der Waals surface area contributed by atoms with Crippen LogP contribution < -0.4 is 5.32 Å². The van der Waals surface area contributed by atoms with E-state index in [4.69, 9.17) is 4.74 Å². The molecule has 0 aromatic rings. The van der Waals surface area contributed by atoms with Crippen LogP contribution >= 0.6 is 11.8 Å². The fourth-order valence-electron chi connectivity index (χ4n) is 2.07. The monoisotopic (exact) mass is 231 g/mol. The Morgan fingerprint density at radius 3 is 2.80 bits per heavy atom. The van der Waals surface area contributed by atoms with Gasteiger partial charge in [-0.05, 0) is 31.3 Å². The van der Waals surface area contributed by atoms with Crippen LogP contribution in [0.25, 0.3) is 0 Å². The molecule has 0 spiro atoms. The van der Waals surface area contributed by atoms with Crippen molar-refractivity contribution in [3.8, 4) is 0 Å². The van der Waals surface area contributed by atoms with Gasteiger partial charge in [0, 0.05) is 24.6 Å². The van der Waals surface area contributed by atoms with Gasteiger partial charge in [-0.3, -0.25) is 0 Å². The summed E-state index contributed by atoms with van der Waals surface area (Å²) in [5, 5.41) is 3.58. The Labute approximate surface area is 98.5 Å². The summed E-state index contributed by atoms with van der Waals surface area (Å²) >= 11 is 1.94. The van der Waals surface area contributed by atoms with Crippen molar-refractivity contribution >= 4 is 11.8 Å². The second-order valence-corrected chi connectivity index (χ2v) is 5.92. The molecule has 1 aliphatic rings. The molecule has 0 aromatic carbocycles. The highest BCUT2D eigenvalue weighted by Crippen LogP contribution is 2.32. The molecule has 1 fully saturated rings. The van der Waals surface area contributed by atoms with Crippen LogP contribution in [0.4, 0.5) is 0 Å². The number of hydrogen-bond acceptors (Lipinski definition) is 3. The Balaban J connectivity index is 2.42. The molecule has 1 N–H and O–H groups in total. The van der Waals surface area contributed by atoms with Crippen LogP contribution in [0.2, 0.25) is 0 Å². The molecule has 90 valence electrons. The molecule has 1 saturated heterocycles. The summed E-state index contributed by atoms with van der Waals surface area (Å²) in [5.41, 5.74) is 0.408. The van der Waals surface area contributed by atoms with Crippen molar-refractivity contribution in [1.82, 2.24) is 5.32 Å². The van der Waals surface area contributed by atoms with Gasteiger partial charge in [0.1, 0.15) is 0 Å². The zero-order valence-electron chi connectivity index (χ0n) is 10.3. The predicted octanol–water partition coefficient (Wildman–Crippen LogP) is 2.53. The number of ether oxygens (including phenoxy) is 1. The second-order valence-electron chi connectivity index (χ2n) is 4.93. The summed E-state index contributed by atoms with van der Waals surface area (Å²) in [4.78, 5) is 0. The molecule has 0 bridgehead atoms. The van der Waals surface area contributed by atoms with Gasteiger partial charge in [0.2, 0.25) is 0 Å². The lowest BCUT2D eigenvalue weighted by molar-refractivity contribution is -0.00959. The van der Waals surface area contributed by atoms with Crippen molar-refractivity contribution in [2.24, 2.45) is 5.41 Å². The van der Waals surface area contributed by atoms with Crippen LogP contribution in [0.5, 0.6) is 0 Å². The molecule has 1 unspecified atom stereocenters. The lowest BCUT2D eigenvalue weighted by Crippen LogP contribution is -2.43. The van der Waals surface area contributed by atoms with E-state index in [1.807, 2.05) is 11.8 Å². The Morgan fingerprint density at radius 1 is 1.47 bits per heavy atom. The highest BCUT2D eigenvalue weighted by molar-refractivity contribution is 7.98. The third kappa shape index (κ3) is 4.75. The van der Waals surface area contributed by atoms with Gasteiger partial charge in [-0.1, -0.05) is 13.8 Å². The zero-order valence-corrected chi connectivity index (χ0v) is 11.2. The molecular formula is C12H25NOS. The van der Waals surface area contributed by atoms with Gasteiger partial charge >= 0.3 is 0 Å². The van der Waals surface area contributed by atoms with Gasteiger partial charge in [-0.15, -0.1) is 0 Å². The first-order valence-electron chi connectivity index (χ1n) is 5.99. The van der Waals surface area contributed by atoms with E-state index in [0.717, 1.165) is 19.8 Å². The molecule has 1 aliphatic heterocycles. The van der Waals surface area contributed by atoms with E-state index in [-0.39, 0.29) is 0 Å². The lowest BCUT2D eigenvalue weighted by Gasteiger charge is -2.38. The third-order valence-electron chi connectivity index (χ3n) is 3.13. The minimum absolute atomic E-state index is 0.408. The summed E-state index contributed by atoms with van der Waals surface area (Å²) in [7, 11) is 0. The summed E-state index contributed by atoms with van der Waals surface area (Å²) in [6, 6.07) is 0.582. The van der Waals surface area contributed by atoms with Gasteiger partial charge in [-0.2, -0.15) is 11.8 Å². The van der Waals surface area contributed by atoms with Crippen LogP contribution in [0, 0.1) is 5.41 Å². The van der Waals surface area contributed by atoms with E-state index < -0.39 is 0 Å². The molecule has 0 aliphatic carbocycles. The predicted molar refractivity (Wildman–Crippen MR) is 68.6 cm³/mol. The van der Waals surface area contributed by atoms with E-state index in [1.165, 1.54) is 25.0 Å². The molecule has 3 heteroatoms. The highest BCUT2D eigenvalue weighted by Gasteiger charge is 2.32. The summed E-state index contributed by atoms with van der Waals surface area (Å²) in [6.07, 6.45) is 6.03. The lowest BCUT2D eigenvalue weighted by atomic mass is 9.80. The smallest absolute Gasteiger partial charge is 0.0534 e. The van der Waals surface area contributed by atoms with Gasteiger partial charge in [0.25, 0.3) is 0 Å². The van der Waals surface area contributed by atoms with Gasteiger partial charge in [-0.25, -0.2) is 0 Å². The van der Waals surface area contributed by atoms with Crippen molar-refractivity contribution < 1.29 is 4.74 Å². The Kier molecular flexibility index (Phi) is 6.02. The molecule has 1 heterocycles. The molecule has 15 heavy (non-hydrogen) atoms. The Bertz CT molecular complexity index is 167. The van der Waals surface area contributed by atoms with Crippen molar-refractivity contribution in [1.29, 1.82) is 0 Å². The average Bonchev–Trinajstić information content (AvgIpc) is 2.25. The van der Waals surface area contributed by atoms with Gasteiger partial charge < -0.3 is 10.1 Å². The third-order valence-corrected chi connectivity index (χ3v) is 3.74. The second kappa shape index (κ2) is 6.77.